The molecule has 0 heterocycles. The lowest BCUT2D eigenvalue weighted by Gasteiger charge is -2.23. The summed E-state index contributed by atoms with van der Waals surface area (Å²) in [6, 6.07) is 4.91. The highest BCUT2D eigenvalue weighted by Crippen LogP contribution is 2.26. The molecule has 1 N–H and O–H groups in total. The summed E-state index contributed by atoms with van der Waals surface area (Å²) < 4.78 is 0. The Bertz CT molecular complexity index is 426. The van der Waals surface area contributed by atoms with Crippen LogP contribution in [0.5, 0.6) is 5.75 Å². The van der Waals surface area contributed by atoms with E-state index in [4.69, 9.17) is 0 Å². The van der Waals surface area contributed by atoms with Crippen molar-refractivity contribution < 1.29 is 10.0 Å². The SMILES string of the molecule is CSC[C@@H](C)N(C)Cc1ccc(O)c([N+](=O)[O-])c1. The summed E-state index contributed by atoms with van der Waals surface area (Å²) in [5.74, 6) is 0.722. The van der Waals surface area contributed by atoms with E-state index >= 15 is 0 Å². The number of benzene rings is 1. The summed E-state index contributed by atoms with van der Waals surface area (Å²) in [5, 5.41) is 20.1. The summed E-state index contributed by atoms with van der Waals surface area (Å²) in [6.45, 7) is 2.74. The molecule has 0 amide bonds. The second-order valence-corrected chi connectivity index (χ2v) is 5.21. The van der Waals surface area contributed by atoms with Crippen LogP contribution < -0.4 is 0 Å². The average Bonchev–Trinajstić information content (AvgIpc) is 2.31. The van der Waals surface area contributed by atoms with Crippen molar-refractivity contribution in [2.24, 2.45) is 0 Å². The number of hydrogen-bond acceptors (Lipinski definition) is 5. The molecule has 0 spiro atoms. The number of rotatable bonds is 6. The maximum Gasteiger partial charge on any atom is 0.311 e. The van der Waals surface area contributed by atoms with Gasteiger partial charge in [0, 0.05) is 24.4 Å². The molecule has 0 aliphatic heterocycles. The second-order valence-electron chi connectivity index (χ2n) is 4.30. The molecule has 0 aromatic heterocycles. The molecule has 100 valence electrons. The molecule has 0 saturated heterocycles. The van der Waals surface area contributed by atoms with E-state index in [-0.39, 0.29) is 11.4 Å². The fraction of sp³-hybridized carbons (Fsp3) is 0.500. The molecule has 18 heavy (non-hydrogen) atoms. The molecule has 1 rings (SSSR count). The minimum absolute atomic E-state index is 0.238. The fourth-order valence-corrected chi connectivity index (χ4v) is 2.36. The maximum absolute atomic E-state index is 10.7. The summed E-state index contributed by atoms with van der Waals surface area (Å²) in [5.41, 5.74) is 0.591. The Morgan fingerprint density at radius 1 is 1.56 bits per heavy atom. The van der Waals surface area contributed by atoms with E-state index < -0.39 is 4.92 Å². The highest BCUT2D eigenvalue weighted by atomic mass is 32.2. The normalized spacial score (nSPS) is 12.7. The van der Waals surface area contributed by atoms with Gasteiger partial charge in [-0.1, -0.05) is 6.07 Å². The number of hydrogen-bond donors (Lipinski definition) is 1. The predicted molar refractivity (Wildman–Crippen MR) is 74.1 cm³/mol. The highest BCUT2D eigenvalue weighted by molar-refractivity contribution is 7.98. The summed E-state index contributed by atoms with van der Waals surface area (Å²) in [4.78, 5) is 12.3. The molecule has 1 aromatic carbocycles. The third kappa shape index (κ3) is 3.89. The van der Waals surface area contributed by atoms with E-state index in [9.17, 15) is 15.2 Å². The molecule has 6 heteroatoms. The number of thioether (sulfide) groups is 1. The molecular weight excluding hydrogens is 252 g/mol. The molecule has 0 bridgehead atoms. The molecule has 0 fully saturated rings. The van der Waals surface area contributed by atoms with Crippen LogP contribution in [0.4, 0.5) is 5.69 Å². The number of phenolic OH excluding ortho intramolecular Hbond substituents is 1. The zero-order valence-corrected chi connectivity index (χ0v) is 11.6. The first-order valence-corrected chi connectivity index (χ1v) is 7.00. The number of nitrogens with zero attached hydrogens (tertiary/aromatic N) is 2. The predicted octanol–water partition coefficient (Wildman–Crippen LogP) is 2.48. The number of phenols is 1. The van der Waals surface area contributed by atoms with Gasteiger partial charge in [-0.05, 0) is 31.9 Å². The molecule has 0 aliphatic rings. The van der Waals surface area contributed by atoms with Crippen LogP contribution in [0.3, 0.4) is 0 Å². The monoisotopic (exact) mass is 270 g/mol. The Morgan fingerprint density at radius 2 is 2.22 bits per heavy atom. The van der Waals surface area contributed by atoms with Crippen LogP contribution in [0.1, 0.15) is 12.5 Å². The Kier molecular flexibility index (Phi) is 5.43. The first-order valence-electron chi connectivity index (χ1n) is 5.61. The van der Waals surface area contributed by atoms with E-state index in [1.165, 1.54) is 12.1 Å². The number of nitro benzene ring substituents is 1. The molecule has 1 aromatic rings. The van der Waals surface area contributed by atoms with Crippen LogP contribution in [0.2, 0.25) is 0 Å². The van der Waals surface area contributed by atoms with Gasteiger partial charge in [-0.3, -0.25) is 15.0 Å². The van der Waals surface area contributed by atoms with Gasteiger partial charge in [0.15, 0.2) is 5.75 Å². The standard InChI is InChI=1S/C12H18N2O3S/c1-9(8-18-3)13(2)7-10-4-5-12(15)11(6-10)14(16)17/h4-6,9,15H,7-8H2,1-3H3/t9-/m1/s1. The first-order chi connectivity index (χ1) is 8.45. The number of nitro groups is 1. The Labute approximate surface area is 111 Å². The fourth-order valence-electron chi connectivity index (χ4n) is 1.63. The zero-order chi connectivity index (χ0) is 13.7. The van der Waals surface area contributed by atoms with Crippen molar-refractivity contribution in [2.75, 3.05) is 19.1 Å². The van der Waals surface area contributed by atoms with Gasteiger partial charge in [-0.25, -0.2) is 0 Å². The Balaban J connectivity index is 2.79. The van der Waals surface area contributed by atoms with Crippen molar-refractivity contribution in [1.29, 1.82) is 0 Å². The van der Waals surface area contributed by atoms with Gasteiger partial charge < -0.3 is 5.11 Å². The van der Waals surface area contributed by atoms with Crippen molar-refractivity contribution >= 4 is 17.4 Å². The van der Waals surface area contributed by atoms with Crippen LogP contribution >= 0.6 is 11.8 Å². The smallest absolute Gasteiger partial charge is 0.311 e. The van der Waals surface area contributed by atoms with Crippen LogP contribution in [-0.4, -0.2) is 40.0 Å². The Morgan fingerprint density at radius 3 is 2.78 bits per heavy atom. The molecule has 5 nitrogen and oxygen atoms in total. The van der Waals surface area contributed by atoms with E-state index in [1.54, 1.807) is 17.8 Å². The lowest BCUT2D eigenvalue weighted by molar-refractivity contribution is -0.385. The molecule has 0 aliphatic carbocycles. The van der Waals surface area contributed by atoms with E-state index in [0.717, 1.165) is 11.3 Å². The third-order valence-electron chi connectivity index (χ3n) is 2.83. The van der Waals surface area contributed by atoms with Gasteiger partial charge in [-0.2, -0.15) is 11.8 Å². The lowest BCUT2D eigenvalue weighted by atomic mass is 10.1. The van der Waals surface area contributed by atoms with Crippen LogP contribution in [0.15, 0.2) is 18.2 Å². The third-order valence-corrected chi connectivity index (χ3v) is 3.64. The van der Waals surface area contributed by atoms with Crippen molar-refractivity contribution in [1.82, 2.24) is 4.90 Å². The lowest BCUT2D eigenvalue weighted by Crippen LogP contribution is -2.30. The minimum atomic E-state index is -0.565. The summed E-state index contributed by atoms with van der Waals surface area (Å²) in [7, 11) is 1.99. The molecular formula is C12H18N2O3S. The van der Waals surface area contributed by atoms with Crippen LogP contribution in [0, 0.1) is 10.1 Å². The van der Waals surface area contributed by atoms with Gasteiger partial charge in [0.05, 0.1) is 4.92 Å². The topological polar surface area (TPSA) is 66.6 Å². The molecule has 0 saturated carbocycles. The van der Waals surface area contributed by atoms with Gasteiger partial charge in [-0.15, -0.1) is 0 Å². The maximum atomic E-state index is 10.7. The first kappa shape index (κ1) is 14.8. The molecule has 0 radical (unpaired) electrons. The molecule has 1 atom stereocenters. The van der Waals surface area contributed by atoms with Crippen LogP contribution in [-0.2, 0) is 6.54 Å². The van der Waals surface area contributed by atoms with Crippen molar-refractivity contribution in [3.63, 3.8) is 0 Å². The quantitative estimate of drug-likeness (QED) is 0.635. The minimum Gasteiger partial charge on any atom is -0.502 e. The number of aromatic hydroxyl groups is 1. The zero-order valence-electron chi connectivity index (χ0n) is 10.8. The van der Waals surface area contributed by atoms with Gasteiger partial charge >= 0.3 is 5.69 Å². The van der Waals surface area contributed by atoms with E-state index in [2.05, 4.69) is 18.1 Å². The highest BCUT2D eigenvalue weighted by Gasteiger charge is 2.15. The average molecular weight is 270 g/mol. The Hall–Kier alpha value is -1.27. The van der Waals surface area contributed by atoms with Crippen molar-refractivity contribution in [2.45, 2.75) is 19.5 Å². The van der Waals surface area contributed by atoms with E-state index in [0.29, 0.717) is 12.6 Å². The van der Waals surface area contributed by atoms with Gasteiger partial charge in [0.2, 0.25) is 0 Å². The van der Waals surface area contributed by atoms with Crippen LogP contribution in [0.25, 0.3) is 0 Å². The second kappa shape index (κ2) is 6.61. The summed E-state index contributed by atoms with van der Waals surface area (Å²) >= 11 is 1.77. The summed E-state index contributed by atoms with van der Waals surface area (Å²) in [6.07, 6.45) is 2.05. The van der Waals surface area contributed by atoms with Crippen molar-refractivity contribution in [3.8, 4) is 5.75 Å². The van der Waals surface area contributed by atoms with E-state index in [1.807, 2.05) is 7.05 Å². The largest absolute Gasteiger partial charge is 0.502 e. The van der Waals surface area contributed by atoms with Gasteiger partial charge in [0.1, 0.15) is 0 Å². The van der Waals surface area contributed by atoms with Crippen molar-refractivity contribution in [3.05, 3.63) is 33.9 Å². The van der Waals surface area contributed by atoms with Gasteiger partial charge in [0.25, 0.3) is 0 Å². The molecule has 0 unspecified atom stereocenters.